The van der Waals surface area contributed by atoms with E-state index in [1.807, 2.05) is 0 Å². The van der Waals surface area contributed by atoms with Gasteiger partial charge in [0, 0.05) is 19.3 Å². The predicted molar refractivity (Wildman–Crippen MR) is 330 cm³/mol. The van der Waals surface area contributed by atoms with E-state index in [0.717, 1.165) is 57.8 Å². The molecule has 0 spiro atoms. The standard InChI is InChI=1S/C70H134O6/c1-4-7-10-13-16-19-22-25-28-31-33-35-37-39-42-45-48-51-54-57-60-63-69(72)75-66-67(65-74-68(71)62-59-56-53-50-47-44-41-38-30-27-24-21-18-15-12-9-6-3)76-70(73)64-61-58-55-52-49-46-43-40-36-34-32-29-26-23-20-17-14-11-8-5-2/h31,33,67H,4-30,32,34-66H2,1-3H3/b33-31-. The summed E-state index contributed by atoms with van der Waals surface area (Å²) in [4.78, 5) is 38.4. The summed E-state index contributed by atoms with van der Waals surface area (Å²) in [6.07, 6.45) is 78.0. The van der Waals surface area contributed by atoms with Crippen LogP contribution in [0, 0.1) is 0 Å². The second-order valence-electron chi connectivity index (χ2n) is 23.8. The summed E-state index contributed by atoms with van der Waals surface area (Å²) in [5.41, 5.74) is 0. The van der Waals surface area contributed by atoms with Gasteiger partial charge in [-0.25, -0.2) is 0 Å². The maximum atomic E-state index is 12.9. The average molecular weight is 1070 g/mol. The monoisotopic (exact) mass is 1070 g/mol. The van der Waals surface area contributed by atoms with Crippen molar-refractivity contribution < 1.29 is 28.6 Å². The number of carbonyl (C=O) groups is 3. The van der Waals surface area contributed by atoms with Crippen LogP contribution in [0.2, 0.25) is 0 Å². The molecule has 0 heterocycles. The minimum Gasteiger partial charge on any atom is -0.462 e. The van der Waals surface area contributed by atoms with Gasteiger partial charge in [0.15, 0.2) is 6.10 Å². The van der Waals surface area contributed by atoms with E-state index in [1.54, 1.807) is 0 Å². The second-order valence-corrected chi connectivity index (χ2v) is 23.8. The lowest BCUT2D eigenvalue weighted by molar-refractivity contribution is -0.167. The molecule has 0 fully saturated rings. The summed E-state index contributed by atoms with van der Waals surface area (Å²) in [6.45, 7) is 6.73. The molecule has 6 nitrogen and oxygen atoms in total. The highest BCUT2D eigenvalue weighted by Gasteiger charge is 2.19. The number of hydrogen-bond acceptors (Lipinski definition) is 6. The molecule has 0 saturated carbocycles. The molecule has 0 aromatic heterocycles. The maximum Gasteiger partial charge on any atom is 0.306 e. The third-order valence-electron chi connectivity index (χ3n) is 16.0. The molecule has 0 aromatic rings. The third kappa shape index (κ3) is 63.0. The zero-order chi connectivity index (χ0) is 55.0. The Labute approximate surface area is 475 Å². The molecule has 450 valence electrons. The lowest BCUT2D eigenvalue weighted by Crippen LogP contribution is -2.30. The minimum atomic E-state index is -0.767. The molecule has 0 bridgehead atoms. The molecule has 0 saturated heterocycles. The van der Waals surface area contributed by atoms with E-state index in [-0.39, 0.29) is 31.1 Å². The smallest absolute Gasteiger partial charge is 0.306 e. The Bertz CT molecular complexity index is 1180. The van der Waals surface area contributed by atoms with Gasteiger partial charge < -0.3 is 14.2 Å². The van der Waals surface area contributed by atoms with Crippen LogP contribution in [0.1, 0.15) is 400 Å². The van der Waals surface area contributed by atoms with Gasteiger partial charge in [-0.3, -0.25) is 14.4 Å². The number of hydrogen-bond donors (Lipinski definition) is 0. The van der Waals surface area contributed by atoms with Gasteiger partial charge in [0.2, 0.25) is 0 Å². The highest BCUT2D eigenvalue weighted by molar-refractivity contribution is 5.71. The van der Waals surface area contributed by atoms with Gasteiger partial charge in [-0.1, -0.05) is 348 Å². The fourth-order valence-electron chi connectivity index (χ4n) is 10.8. The first-order chi connectivity index (χ1) is 37.5. The molecule has 0 aliphatic carbocycles. The van der Waals surface area contributed by atoms with Crippen LogP contribution in [0.25, 0.3) is 0 Å². The lowest BCUT2D eigenvalue weighted by atomic mass is 10.0. The summed E-state index contributed by atoms with van der Waals surface area (Å²) >= 11 is 0. The Kier molecular flexibility index (Phi) is 64.1. The van der Waals surface area contributed by atoms with Gasteiger partial charge in [0.1, 0.15) is 13.2 Å². The zero-order valence-electron chi connectivity index (χ0n) is 51.8. The van der Waals surface area contributed by atoms with E-state index < -0.39 is 6.10 Å². The molecule has 0 N–H and O–H groups in total. The van der Waals surface area contributed by atoms with Crippen molar-refractivity contribution in [3.63, 3.8) is 0 Å². The van der Waals surface area contributed by atoms with Crippen LogP contribution in [-0.2, 0) is 28.6 Å². The highest BCUT2D eigenvalue weighted by Crippen LogP contribution is 2.19. The molecule has 6 heteroatoms. The number of unbranched alkanes of at least 4 members (excludes halogenated alkanes) is 52. The Morgan fingerprint density at radius 3 is 0.658 bits per heavy atom. The van der Waals surface area contributed by atoms with Crippen molar-refractivity contribution in [3.05, 3.63) is 12.2 Å². The van der Waals surface area contributed by atoms with Crippen molar-refractivity contribution in [2.75, 3.05) is 13.2 Å². The van der Waals surface area contributed by atoms with Gasteiger partial charge >= 0.3 is 17.9 Å². The van der Waals surface area contributed by atoms with E-state index >= 15 is 0 Å². The van der Waals surface area contributed by atoms with Crippen molar-refractivity contribution in [2.24, 2.45) is 0 Å². The van der Waals surface area contributed by atoms with Crippen molar-refractivity contribution in [1.29, 1.82) is 0 Å². The quantitative estimate of drug-likeness (QED) is 0.0261. The number of allylic oxidation sites excluding steroid dienone is 2. The normalized spacial score (nSPS) is 12.0. The SMILES string of the molecule is CCCCCCCCCC/C=C\CCCCCCCCCCCC(=O)OCC(COC(=O)CCCCCCCCCCCCCCCCCCC)OC(=O)CCCCCCCCCCCCCCCCCCCCCC. The predicted octanol–water partition coefficient (Wildman–Crippen LogP) is 23.6. The fourth-order valence-corrected chi connectivity index (χ4v) is 10.8. The van der Waals surface area contributed by atoms with Crippen LogP contribution in [0.3, 0.4) is 0 Å². The summed E-state index contributed by atoms with van der Waals surface area (Å²) in [5.74, 6) is -0.829. The van der Waals surface area contributed by atoms with E-state index in [4.69, 9.17) is 14.2 Å². The molecule has 1 unspecified atom stereocenters. The summed E-state index contributed by atoms with van der Waals surface area (Å²) in [6, 6.07) is 0. The Balaban J connectivity index is 4.29. The van der Waals surface area contributed by atoms with Crippen LogP contribution in [-0.4, -0.2) is 37.2 Å². The van der Waals surface area contributed by atoms with Crippen LogP contribution in [0.4, 0.5) is 0 Å². The van der Waals surface area contributed by atoms with Crippen molar-refractivity contribution in [3.8, 4) is 0 Å². The first kappa shape index (κ1) is 74.2. The molecule has 0 aromatic carbocycles. The molecule has 0 aliphatic rings. The Hall–Kier alpha value is -1.85. The lowest BCUT2D eigenvalue weighted by Gasteiger charge is -2.18. The van der Waals surface area contributed by atoms with Crippen molar-refractivity contribution >= 4 is 17.9 Å². The molecule has 0 aliphatic heterocycles. The number of ether oxygens (including phenoxy) is 3. The molecule has 76 heavy (non-hydrogen) atoms. The number of esters is 3. The van der Waals surface area contributed by atoms with Crippen molar-refractivity contribution in [2.45, 2.75) is 406 Å². The highest BCUT2D eigenvalue weighted by atomic mass is 16.6. The second kappa shape index (κ2) is 65.7. The van der Waals surface area contributed by atoms with Crippen LogP contribution in [0.15, 0.2) is 12.2 Å². The van der Waals surface area contributed by atoms with E-state index in [2.05, 4.69) is 32.9 Å². The molecule has 0 rings (SSSR count). The van der Waals surface area contributed by atoms with Gasteiger partial charge in [0.25, 0.3) is 0 Å². The number of carbonyl (C=O) groups excluding carboxylic acids is 3. The van der Waals surface area contributed by atoms with Crippen LogP contribution in [0.5, 0.6) is 0 Å². The van der Waals surface area contributed by atoms with Gasteiger partial charge in [-0.2, -0.15) is 0 Å². The first-order valence-corrected chi connectivity index (χ1v) is 34.7. The Morgan fingerprint density at radius 1 is 0.250 bits per heavy atom. The van der Waals surface area contributed by atoms with E-state index in [0.29, 0.717) is 19.3 Å². The molecular formula is C70H134O6. The summed E-state index contributed by atoms with van der Waals surface area (Å²) < 4.78 is 17.0. The Morgan fingerprint density at radius 2 is 0.434 bits per heavy atom. The molecular weight excluding hydrogens is 937 g/mol. The number of rotatable bonds is 65. The van der Waals surface area contributed by atoms with Crippen LogP contribution < -0.4 is 0 Å². The molecule has 1 atom stereocenters. The summed E-state index contributed by atoms with van der Waals surface area (Å²) in [7, 11) is 0. The average Bonchev–Trinajstić information content (AvgIpc) is 3.42. The summed E-state index contributed by atoms with van der Waals surface area (Å²) in [5, 5.41) is 0. The minimum absolute atomic E-state index is 0.0634. The molecule has 0 radical (unpaired) electrons. The van der Waals surface area contributed by atoms with Gasteiger partial charge in [-0.05, 0) is 44.9 Å². The fraction of sp³-hybridized carbons (Fsp3) is 0.929. The van der Waals surface area contributed by atoms with E-state index in [1.165, 1.54) is 302 Å². The molecule has 0 amide bonds. The third-order valence-corrected chi connectivity index (χ3v) is 16.0. The topological polar surface area (TPSA) is 78.9 Å². The first-order valence-electron chi connectivity index (χ1n) is 34.7. The van der Waals surface area contributed by atoms with E-state index in [9.17, 15) is 14.4 Å². The maximum absolute atomic E-state index is 12.9. The van der Waals surface area contributed by atoms with Crippen molar-refractivity contribution in [1.82, 2.24) is 0 Å². The largest absolute Gasteiger partial charge is 0.462 e. The van der Waals surface area contributed by atoms with Crippen LogP contribution >= 0.6 is 0 Å². The zero-order valence-corrected chi connectivity index (χ0v) is 51.8. The van der Waals surface area contributed by atoms with Gasteiger partial charge in [0.05, 0.1) is 0 Å². The van der Waals surface area contributed by atoms with Gasteiger partial charge in [-0.15, -0.1) is 0 Å².